The Morgan fingerprint density at radius 2 is 1.57 bits per heavy atom. The molecule has 4 rings (SSSR count). The van der Waals surface area contributed by atoms with Crippen molar-refractivity contribution in [1.29, 1.82) is 0 Å². The first-order valence-corrected chi connectivity index (χ1v) is 7.68. The third kappa shape index (κ3) is 1.77. The van der Waals surface area contributed by atoms with Crippen molar-refractivity contribution in [2.24, 2.45) is 0 Å². The second-order valence-electron chi connectivity index (χ2n) is 5.83. The number of hydrogen-bond donors (Lipinski definition) is 1. The maximum absolute atomic E-state index is 10.4. The molecule has 0 aliphatic carbocycles. The Balaban J connectivity index is 2.18. The molecule has 0 aliphatic heterocycles. The number of rotatable bonds is 3. The fraction of sp³-hybridized carbons (Fsp3) is 0.200. The van der Waals surface area contributed by atoms with Crippen LogP contribution in [0.25, 0.3) is 32.3 Å². The maximum Gasteiger partial charge on any atom is 0.120 e. The van der Waals surface area contributed by atoms with E-state index >= 15 is 0 Å². The highest BCUT2D eigenvalue weighted by molar-refractivity contribution is 6.23. The monoisotopic (exact) mass is 274 g/mol. The zero-order valence-corrected chi connectivity index (χ0v) is 12.2. The maximum atomic E-state index is 10.4. The molecule has 0 unspecified atom stereocenters. The van der Waals surface area contributed by atoms with Crippen LogP contribution in [-0.4, -0.2) is 5.11 Å². The van der Waals surface area contributed by atoms with Crippen molar-refractivity contribution in [3.05, 3.63) is 54.1 Å². The molecule has 21 heavy (non-hydrogen) atoms. The number of aromatic hydroxyl groups is 1. The molecule has 104 valence electrons. The van der Waals surface area contributed by atoms with Crippen LogP contribution in [-0.2, 0) is 6.42 Å². The molecule has 4 aromatic carbocycles. The van der Waals surface area contributed by atoms with Crippen molar-refractivity contribution in [3.63, 3.8) is 0 Å². The van der Waals surface area contributed by atoms with Crippen LogP contribution >= 0.6 is 0 Å². The van der Waals surface area contributed by atoms with Crippen LogP contribution in [0.15, 0.2) is 48.5 Å². The van der Waals surface area contributed by atoms with E-state index in [2.05, 4.69) is 49.4 Å². The summed E-state index contributed by atoms with van der Waals surface area (Å²) in [5.74, 6) is 0.439. The second-order valence-corrected chi connectivity index (χ2v) is 5.83. The smallest absolute Gasteiger partial charge is 0.120 e. The SMILES string of the molecule is CCCCc1c(O)cc2ccc3cccc4ccc1c2c34. The fourth-order valence-electron chi connectivity index (χ4n) is 3.47. The lowest BCUT2D eigenvalue weighted by atomic mass is 9.90. The summed E-state index contributed by atoms with van der Waals surface area (Å²) in [5, 5.41) is 17.9. The molecule has 0 radical (unpaired) electrons. The molecule has 0 spiro atoms. The molecule has 0 atom stereocenters. The molecule has 0 saturated carbocycles. The molecule has 0 fully saturated rings. The zero-order chi connectivity index (χ0) is 14.4. The normalized spacial score (nSPS) is 11.9. The van der Waals surface area contributed by atoms with E-state index in [1.54, 1.807) is 0 Å². The van der Waals surface area contributed by atoms with Gasteiger partial charge in [-0.2, -0.15) is 0 Å². The Morgan fingerprint density at radius 3 is 2.33 bits per heavy atom. The van der Waals surface area contributed by atoms with Crippen LogP contribution in [0.3, 0.4) is 0 Å². The summed E-state index contributed by atoms with van der Waals surface area (Å²) in [4.78, 5) is 0. The molecule has 0 saturated heterocycles. The number of phenolic OH excluding ortho intramolecular Hbond substituents is 1. The molecule has 0 amide bonds. The Kier molecular flexibility index (Phi) is 2.75. The van der Waals surface area contributed by atoms with Gasteiger partial charge in [-0.3, -0.25) is 0 Å². The van der Waals surface area contributed by atoms with Crippen LogP contribution < -0.4 is 0 Å². The first-order valence-electron chi connectivity index (χ1n) is 7.68. The predicted molar refractivity (Wildman–Crippen MR) is 90.4 cm³/mol. The lowest BCUT2D eigenvalue weighted by Crippen LogP contribution is -1.91. The fourth-order valence-corrected chi connectivity index (χ4v) is 3.47. The molecule has 0 aromatic heterocycles. The highest BCUT2D eigenvalue weighted by Gasteiger charge is 2.13. The minimum atomic E-state index is 0.439. The topological polar surface area (TPSA) is 20.2 Å². The molecule has 0 heterocycles. The van der Waals surface area contributed by atoms with Gasteiger partial charge in [0, 0.05) is 5.56 Å². The minimum absolute atomic E-state index is 0.439. The van der Waals surface area contributed by atoms with Crippen LogP contribution in [0.1, 0.15) is 25.3 Å². The zero-order valence-electron chi connectivity index (χ0n) is 12.2. The highest BCUT2D eigenvalue weighted by Crippen LogP contribution is 2.39. The van der Waals surface area contributed by atoms with Gasteiger partial charge in [-0.05, 0) is 51.2 Å². The summed E-state index contributed by atoms with van der Waals surface area (Å²) in [5.41, 5.74) is 1.10. The van der Waals surface area contributed by atoms with Crippen molar-refractivity contribution in [1.82, 2.24) is 0 Å². The summed E-state index contributed by atoms with van der Waals surface area (Å²) in [6, 6.07) is 17.0. The Bertz CT molecular complexity index is 921. The Hall–Kier alpha value is -2.28. The average Bonchev–Trinajstić information content (AvgIpc) is 2.51. The number of phenols is 1. The molecule has 1 N–H and O–H groups in total. The van der Waals surface area contributed by atoms with Gasteiger partial charge in [0.2, 0.25) is 0 Å². The van der Waals surface area contributed by atoms with E-state index in [0.717, 1.165) is 30.2 Å². The molecule has 0 aliphatic rings. The highest BCUT2D eigenvalue weighted by atomic mass is 16.3. The van der Waals surface area contributed by atoms with Crippen molar-refractivity contribution in [2.75, 3.05) is 0 Å². The summed E-state index contributed by atoms with van der Waals surface area (Å²) in [6.45, 7) is 2.19. The van der Waals surface area contributed by atoms with E-state index in [-0.39, 0.29) is 0 Å². The van der Waals surface area contributed by atoms with Gasteiger partial charge in [-0.15, -0.1) is 0 Å². The number of hydrogen-bond acceptors (Lipinski definition) is 1. The van der Waals surface area contributed by atoms with E-state index in [9.17, 15) is 5.11 Å². The molecule has 1 nitrogen and oxygen atoms in total. The number of unbranched alkanes of at least 4 members (excludes halogenated alkanes) is 1. The standard InChI is InChI=1S/C20H18O/c1-2-3-7-16-17-11-10-14-6-4-5-13-8-9-15(12-18(16)21)20(17)19(13)14/h4-6,8-12,21H,2-3,7H2,1H3. The van der Waals surface area contributed by atoms with Crippen molar-refractivity contribution in [2.45, 2.75) is 26.2 Å². The van der Waals surface area contributed by atoms with Gasteiger partial charge in [-0.25, -0.2) is 0 Å². The quantitative estimate of drug-likeness (QED) is 0.480. The van der Waals surface area contributed by atoms with E-state index in [4.69, 9.17) is 0 Å². The first kappa shape index (κ1) is 12.5. The van der Waals surface area contributed by atoms with Crippen molar-refractivity contribution < 1.29 is 5.11 Å². The lowest BCUT2D eigenvalue weighted by Gasteiger charge is -2.15. The molecule has 1 heteroatoms. The van der Waals surface area contributed by atoms with Gasteiger partial charge in [0.25, 0.3) is 0 Å². The van der Waals surface area contributed by atoms with Crippen LogP contribution in [0, 0.1) is 0 Å². The van der Waals surface area contributed by atoms with Crippen molar-refractivity contribution >= 4 is 32.3 Å². The van der Waals surface area contributed by atoms with Gasteiger partial charge in [0.05, 0.1) is 0 Å². The third-order valence-electron chi connectivity index (χ3n) is 4.52. The van der Waals surface area contributed by atoms with Crippen LogP contribution in [0.5, 0.6) is 5.75 Å². The molecular formula is C20H18O. The van der Waals surface area contributed by atoms with Gasteiger partial charge < -0.3 is 5.11 Å². The summed E-state index contributed by atoms with van der Waals surface area (Å²) >= 11 is 0. The van der Waals surface area contributed by atoms with E-state index in [1.807, 2.05) is 6.07 Å². The average molecular weight is 274 g/mol. The van der Waals surface area contributed by atoms with Gasteiger partial charge in [0.15, 0.2) is 0 Å². The van der Waals surface area contributed by atoms with Gasteiger partial charge >= 0.3 is 0 Å². The van der Waals surface area contributed by atoms with E-state index in [1.165, 1.54) is 26.9 Å². The molecule has 0 bridgehead atoms. The minimum Gasteiger partial charge on any atom is -0.508 e. The van der Waals surface area contributed by atoms with Gasteiger partial charge in [0.1, 0.15) is 5.75 Å². The molecular weight excluding hydrogens is 256 g/mol. The van der Waals surface area contributed by atoms with Gasteiger partial charge in [-0.1, -0.05) is 55.8 Å². The van der Waals surface area contributed by atoms with Crippen LogP contribution in [0.2, 0.25) is 0 Å². The predicted octanol–water partition coefficient (Wildman–Crippen LogP) is 5.63. The number of aryl methyl sites for hydroxylation is 1. The van der Waals surface area contributed by atoms with E-state index in [0.29, 0.717) is 5.75 Å². The lowest BCUT2D eigenvalue weighted by molar-refractivity contribution is 0.469. The van der Waals surface area contributed by atoms with Crippen molar-refractivity contribution in [3.8, 4) is 5.75 Å². The summed E-state index contributed by atoms with van der Waals surface area (Å²) < 4.78 is 0. The Morgan fingerprint density at radius 1 is 0.857 bits per heavy atom. The first-order chi connectivity index (χ1) is 10.3. The van der Waals surface area contributed by atoms with Crippen LogP contribution in [0.4, 0.5) is 0 Å². The summed E-state index contributed by atoms with van der Waals surface area (Å²) in [7, 11) is 0. The Labute approximate surface area is 124 Å². The van der Waals surface area contributed by atoms with E-state index < -0.39 is 0 Å². The second kappa shape index (κ2) is 4.63. The number of benzene rings is 4. The summed E-state index contributed by atoms with van der Waals surface area (Å²) in [6.07, 6.45) is 3.19. The third-order valence-corrected chi connectivity index (χ3v) is 4.52. The molecule has 4 aromatic rings. The largest absolute Gasteiger partial charge is 0.508 e.